The Morgan fingerprint density at radius 2 is 1.92 bits per heavy atom. The number of carbonyl (C=O) groups is 2. The Balaban J connectivity index is 1.82. The van der Waals surface area contributed by atoms with E-state index in [-0.39, 0.29) is 31.0 Å². The molecule has 1 aromatic rings. The van der Waals surface area contributed by atoms with Crippen molar-refractivity contribution < 1.29 is 19.1 Å². The summed E-state index contributed by atoms with van der Waals surface area (Å²) in [5.41, 5.74) is 0. The number of amides is 2. The van der Waals surface area contributed by atoms with Crippen LogP contribution in [0, 0.1) is 0 Å². The molecule has 0 spiro atoms. The number of nitrogens with one attached hydrogen (secondary N) is 1. The smallest absolute Gasteiger partial charge is 0.236 e. The molecule has 7 heteroatoms. The van der Waals surface area contributed by atoms with Crippen molar-refractivity contribution in [3.63, 3.8) is 0 Å². The van der Waals surface area contributed by atoms with Gasteiger partial charge in [0.1, 0.15) is 6.61 Å². The largest absolute Gasteiger partial charge is 0.486 e. The van der Waals surface area contributed by atoms with Gasteiger partial charge in [-0.1, -0.05) is 19.1 Å². The Morgan fingerprint density at radius 3 is 2.60 bits per heavy atom. The summed E-state index contributed by atoms with van der Waals surface area (Å²) in [6.07, 6.45) is -0.206. The fourth-order valence-corrected chi connectivity index (χ4v) is 2.61. The highest BCUT2D eigenvalue weighted by Gasteiger charge is 2.24. The molecule has 2 rings (SSSR count). The predicted molar refractivity (Wildman–Crippen MR) is 94.8 cm³/mol. The summed E-state index contributed by atoms with van der Waals surface area (Å²) in [7, 11) is 1.74. The highest BCUT2D eigenvalue weighted by Crippen LogP contribution is 2.30. The maximum Gasteiger partial charge on any atom is 0.236 e. The molecule has 7 nitrogen and oxygen atoms in total. The van der Waals surface area contributed by atoms with E-state index in [1.807, 2.05) is 43.0 Å². The van der Waals surface area contributed by atoms with Crippen LogP contribution in [-0.4, -0.2) is 74.1 Å². The van der Waals surface area contributed by atoms with Crippen LogP contribution in [0.1, 0.15) is 13.8 Å². The van der Waals surface area contributed by atoms with Gasteiger partial charge >= 0.3 is 0 Å². The van der Waals surface area contributed by atoms with Gasteiger partial charge in [-0.25, -0.2) is 0 Å². The predicted octanol–water partition coefficient (Wildman–Crippen LogP) is 0.743. The van der Waals surface area contributed by atoms with Gasteiger partial charge in [0.15, 0.2) is 17.6 Å². The fourth-order valence-electron chi connectivity index (χ4n) is 2.61. The van der Waals surface area contributed by atoms with Gasteiger partial charge in [0, 0.05) is 13.6 Å². The monoisotopic (exact) mass is 349 g/mol. The van der Waals surface area contributed by atoms with E-state index in [0.29, 0.717) is 32.0 Å². The third-order valence-corrected chi connectivity index (χ3v) is 4.02. The van der Waals surface area contributed by atoms with Crippen LogP contribution in [0.5, 0.6) is 11.5 Å². The van der Waals surface area contributed by atoms with Gasteiger partial charge in [-0.15, -0.1) is 0 Å². The zero-order valence-electron chi connectivity index (χ0n) is 15.2. The number of ether oxygens (including phenoxy) is 2. The molecule has 0 aromatic heterocycles. The number of benzene rings is 1. The second-order valence-corrected chi connectivity index (χ2v) is 6.03. The van der Waals surface area contributed by atoms with Gasteiger partial charge < -0.3 is 19.7 Å². The number of hydrogen-bond donors (Lipinski definition) is 1. The molecule has 0 saturated heterocycles. The van der Waals surface area contributed by atoms with Crippen molar-refractivity contribution >= 4 is 11.8 Å². The normalized spacial score (nSPS) is 15.8. The molecule has 25 heavy (non-hydrogen) atoms. The third-order valence-electron chi connectivity index (χ3n) is 4.02. The summed E-state index contributed by atoms with van der Waals surface area (Å²) in [6.45, 7) is 6.29. The van der Waals surface area contributed by atoms with E-state index in [9.17, 15) is 9.59 Å². The number of para-hydroxylation sites is 2. The first-order chi connectivity index (χ1) is 12.0. The minimum absolute atomic E-state index is 0.0476. The van der Waals surface area contributed by atoms with Crippen LogP contribution in [0.3, 0.4) is 0 Å². The first-order valence-corrected chi connectivity index (χ1v) is 8.65. The van der Waals surface area contributed by atoms with Gasteiger partial charge in [-0.3, -0.25) is 14.5 Å². The quantitative estimate of drug-likeness (QED) is 0.750. The minimum Gasteiger partial charge on any atom is -0.486 e. The van der Waals surface area contributed by atoms with E-state index < -0.39 is 0 Å². The molecular weight excluding hydrogens is 322 g/mol. The molecule has 1 heterocycles. The molecule has 1 aliphatic heterocycles. The molecule has 0 unspecified atom stereocenters. The van der Waals surface area contributed by atoms with Gasteiger partial charge in [-0.2, -0.15) is 0 Å². The number of fused-ring (bicyclic) bond motifs is 1. The van der Waals surface area contributed by atoms with Gasteiger partial charge in [0.25, 0.3) is 0 Å². The Bertz CT molecular complexity index is 593. The van der Waals surface area contributed by atoms with Crippen LogP contribution in [-0.2, 0) is 9.59 Å². The maximum absolute atomic E-state index is 12.4. The molecule has 0 fully saturated rings. The van der Waals surface area contributed by atoms with Crippen LogP contribution >= 0.6 is 0 Å². The molecular formula is C18H27N3O4. The molecule has 0 aliphatic carbocycles. The lowest BCUT2D eigenvalue weighted by molar-refractivity contribution is -0.133. The topological polar surface area (TPSA) is 71.1 Å². The molecule has 1 aromatic carbocycles. The van der Waals surface area contributed by atoms with Crippen molar-refractivity contribution in [2.24, 2.45) is 0 Å². The van der Waals surface area contributed by atoms with Crippen molar-refractivity contribution in [3.05, 3.63) is 24.3 Å². The number of rotatable bonds is 8. The summed E-state index contributed by atoms with van der Waals surface area (Å²) < 4.78 is 11.6. The molecule has 0 bridgehead atoms. The van der Waals surface area contributed by atoms with Crippen molar-refractivity contribution in [2.45, 2.75) is 20.0 Å². The molecule has 0 saturated carbocycles. The molecule has 1 aliphatic rings. The van der Waals surface area contributed by atoms with Crippen LogP contribution in [0.4, 0.5) is 0 Å². The van der Waals surface area contributed by atoms with E-state index in [2.05, 4.69) is 5.32 Å². The molecule has 1 N–H and O–H groups in total. The lowest BCUT2D eigenvalue weighted by Crippen LogP contribution is -2.47. The summed E-state index contributed by atoms with van der Waals surface area (Å²) in [4.78, 5) is 27.6. The van der Waals surface area contributed by atoms with E-state index in [1.54, 1.807) is 11.9 Å². The van der Waals surface area contributed by atoms with E-state index >= 15 is 0 Å². The summed E-state index contributed by atoms with van der Waals surface area (Å²) >= 11 is 0. The Labute approximate surface area is 148 Å². The lowest BCUT2D eigenvalue weighted by atomic mass is 10.2. The second-order valence-electron chi connectivity index (χ2n) is 6.03. The van der Waals surface area contributed by atoms with Gasteiger partial charge in [0.2, 0.25) is 11.8 Å². The van der Waals surface area contributed by atoms with Crippen molar-refractivity contribution in [1.82, 2.24) is 15.1 Å². The zero-order valence-corrected chi connectivity index (χ0v) is 15.2. The molecule has 138 valence electrons. The Hall–Kier alpha value is -2.28. The summed E-state index contributed by atoms with van der Waals surface area (Å²) in [6, 6.07) is 7.50. The van der Waals surface area contributed by atoms with Crippen molar-refractivity contribution in [3.8, 4) is 11.5 Å². The SMILES string of the molecule is CCNC(=O)CN(CC)CC(=O)N(C)C[C@@H]1COc2ccccc2O1. The maximum atomic E-state index is 12.4. The molecule has 0 radical (unpaired) electrons. The van der Waals surface area contributed by atoms with Crippen LogP contribution in [0.2, 0.25) is 0 Å². The van der Waals surface area contributed by atoms with Crippen molar-refractivity contribution in [1.29, 1.82) is 0 Å². The highest BCUT2D eigenvalue weighted by atomic mass is 16.6. The first kappa shape index (κ1) is 19.1. The third kappa shape index (κ3) is 5.63. The average molecular weight is 349 g/mol. The van der Waals surface area contributed by atoms with E-state index in [4.69, 9.17) is 9.47 Å². The molecule has 2 amide bonds. The summed E-state index contributed by atoms with van der Waals surface area (Å²) in [5.74, 6) is 1.31. The standard InChI is InChI=1S/C18H27N3O4/c1-4-19-17(22)11-21(5-2)12-18(23)20(3)10-14-13-24-15-8-6-7-9-16(15)25-14/h6-9,14H,4-5,10-13H2,1-3H3,(H,19,22)/t14-/m1/s1. The van der Waals surface area contributed by atoms with Crippen molar-refractivity contribution in [2.75, 3.05) is 46.4 Å². The lowest BCUT2D eigenvalue weighted by Gasteiger charge is -2.30. The molecule has 1 atom stereocenters. The number of likely N-dealkylation sites (N-methyl/N-ethyl adjacent to an activating group) is 3. The second kappa shape index (κ2) is 9.27. The van der Waals surface area contributed by atoms with Gasteiger partial charge in [0.05, 0.1) is 19.6 Å². The average Bonchev–Trinajstić information content (AvgIpc) is 2.61. The van der Waals surface area contributed by atoms with Crippen LogP contribution in [0.15, 0.2) is 24.3 Å². The highest BCUT2D eigenvalue weighted by molar-refractivity contribution is 5.81. The van der Waals surface area contributed by atoms with Gasteiger partial charge in [-0.05, 0) is 25.6 Å². The van der Waals surface area contributed by atoms with Crippen LogP contribution in [0.25, 0.3) is 0 Å². The Kier molecular flexibility index (Phi) is 7.06. The summed E-state index contributed by atoms with van der Waals surface area (Å²) in [5, 5.41) is 2.75. The Morgan fingerprint density at radius 1 is 1.20 bits per heavy atom. The zero-order chi connectivity index (χ0) is 18.2. The minimum atomic E-state index is -0.206. The fraction of sp³-hybridized carbons (Fsp3) is 0.556. The number of hydrogen-bond acceptors (Lipinski definition) is 5. The van der Waals surface area contributed by atoms with E-state index in [1.165, 1.54) is 0 Å². The number of nitrogens with zero attached hydrogens (tertiary/aromatic N) is 2. The first-order valence-electron chi connectivity index (χ1n) is 8.65. The number of carbonyl (C=O) groups excluding carboxylic acids is 2. The van der Waals surface area contributed by atoms with E-state index in [0.717, 1.165) is 5.75 Å². The van der Waals surface area contributed by atoms with Crippen LogP contribution < -0.4 is 14.8 Å².